The van der Waals surface area contributed by atoms with Gasteiger partial charge in [0.1, 0.15) is 10.3 Å². The number of benzene rings is 1. The molecule has 0 N–H and O–H groups in total. The fraction of sp³-hybridized carbons (Fsp3) is 0.278. The van der Waals surface area contributed by atoms with Crippen molar-refractivity contribution in [1.82, 2.24) is 14.9 Å². The van der Waals surface area contributed by atoms with Crippen molar-refractivity contribution >= 4 is 32.7 Å². The molecule has 6 heteroatoms. The second kappa shape index (κ2) is 6.20. The number of anilines is 1. The molecule has 0 bridgehead atoms. The molecule has 0 atom stereocenters. The zero-order valence-corrected chi connectivity index (χ0v) is 14.3. The maximum Gasteiger partial charge on any atom is 0.253 e. The quantitative estimate of drug-likeness (QED) is 0.721. The highest BCUT2D eigenvalue weighted by Gasteiger charge is 2.23. The van der Waals surface area contributed by atoms with Gasteiger partial charge in [-0.15, -0.1) is 0 Å². The highest BCUT2D eigenvalue weighted by molar-refractivity contribution is 7.21. The summed E-state index contributed by atoms with van der Waals surface area (Å²) in [4.78, 5) is 26.7. The van der Waals surface area contributed by atoms with Crippen molar-refractivity contribution < 1.29 is 4.79 Å². The molecule has 0 saturated carbocycles. The zero-order chi connectivity index (χ0) is 16.5. The van der Waals surface area contributed by atoms with Crippen molar-refractivity contribution in [3.05, 3.63) is 53.7 Å². The summed E-state index contributed by atoms with van der Waals surface area (Å²) in [7, 11) is 0. The van der Waals surface area contributed by atoms with E-state index in [1.165, 1.54) is 5.56 Å². The summed E-state index contributed by atoms with van der Waals surface area (Å²) in [6, 6.07) is 11.7. The molecule has 1 amide bonds. The summed E-state index contributed by atoms with van der Waals surface area (Å²) < 4.78 is 0. The number of thiazole rings is 1. The number of hydrogen-bond donors (Lipinski definition) is 0. The van der Waals surface area contributed by atoms with E-state index in [-0.39, 0.29) is 5.91 Å². The molecule has 1 aromatic carbocycles. The van der Waals surface area contributed by atoms with Gasteiger partial charge < -0.3 is 9.80 Å². The first-order valence-electron chi connectivity index (χ1n) is 8.03. The van der Waals surface area contributed by atoms with E-state index in [2.05, 4.69) is 14.9 Å². The summed E-state index contributed by atoms with van der Waals surface area (Å²) in [6.07, 6.45) is 1.79. The van der Waals surface area contributed by atoms with Gasteiger partial charge in [-0.3, -0.25) is 4.79 Å². The van der Waals surface area contributed by atoms with E-state index >= 15 is 0 Å². The number of piperazine rings is 1. The fourth-order valence-corrected chi connectivity index (χ4v) is 3.83. The number of hydrogen-bond acceptors (Lipinski definition) is 5. The van der Waals surface area contributed by atoms with Gasteiger partial charge >= 0.3 is 0 Å². The van der Waals surface area contributed by atoms with E-state index in [4.69, 9.17) is 0 Å². The minimum Gasteiger partial charge on any atom is -0.344 e. The largest absolute Gasteiger partial charge is 0.344 e. The van der Waals surface area contributed by atoms with Gasteiger partial charge in [0.2, 0.25) is 0 Å². The molecule has 0 unspecified atom stereocenters. The van der Waals surface area contributed by atoms with Crippen LogP contribution >= 0.6 is 11.3 Å². The van der Waals surface area contributed by atoms with Crippen LogP contribution in [-0.2, 0) is 0 Å². The average Bonchev–Trinajstić information content (AvgIpc) is 3.06. The van der Waals surface area contributed by atoms with Crippen LogP contribution < -0.4 is 4.90 Å². The fourth-order valence-electron chi connectivity index (χ4n) is 2.87. The van der Waals surface area contributed by atoms with Crippen LogP contribution in [0.5, 0.6) is 0 Å². The number of carbonyl (C=O) groups is 1. The number of rotatable bonds is 2. The Hall–Kier alpha value is -2.47. The Morgan fingerprint density at radius 3 is 2.54 bits per heavy atom. The van der Waals surface area contributed by atoms with Crippen LogP contribution in [0, 0.1) is 6.92 Å². The monoisotopic (exact) mass is 338 g/mol. The van der Waals surface area contributed by atoms with Crippen molar-refractivity contribution in [2.45, 2.75) is 6.92 Å². The molecule has 0 spiro atoms. The van der Waals surface area contributed by atoms with Crippen LogP contribution in [0.3, 0.4) is 0 Å². The predicted molar refractivity (Wildman–Crippen MR) is 96.7 cm³/mol. The molecule has 3 heterocycles. The zero-order valence-electron chi connectivity index (χ0n) is 13.5. The Bertz CT molecular complexity index is 833. The lowest BCUT2D eigenvalue weighted by atomic mass is 10.1. The minimum atomic E-state index is 0.112. The van der Waals surface area contributed by atoms with Gasteiger partial charge in [-0.2, -0.15) is 0 Å². The molecule has 4 rings (SSSR count). The van der Waals surface area contributed by atoms with E-state index in [1.807, 2.05) is 48.2 Å². The lowest BCUT2D eigenvalue weighted by Gasteiger charge is -2.34. The Morgan fingerprint density at radius 2 is 1.83 bits per heavy atom. The van der Waals surface area contributed by atoms with E-state index in [9.17, 15) is 4.79 Å². The summed E-state index contributed by atoms with van der Waals surface area (Å²) in [5.74, 6) is 0.112. The van der Waals surface area contributed by atoms with E-state index in [0.29, 0.717) is 0 Å². The molecule has 3 aromatic rings. The molecule has 1 aliphatic rings. The highest BCUT2D eigenvalue weighted by atomic mass is 32.1. The SMILES string of the molecule is Cc1ccc(C(=O)N2CCN(c3nc4cccnc4s3)CC2)cc1. The first-order valence-corrected chi connectivity index (χ1v) is 8.85. The molecule has 1 fully saturated rings. The van der Waals surface area contributed by atoms with Crippen LogP contribution in [0.25, 0.3) is 10.3 Å². The Balaban J connectivity index is 1.44. The average molecular weight is 338 g/mol. The number of pyridine rings is 1. The Kier molecular flexibility index (Phi) is 3.90. The maximum atomic E-state index is 12.6. The Morgan fingerprint density at radius 1 is 1.08 bits per heavy atom. The maximum absolute atomic E-state index is 12.6. The second-order valence-corrected chi connectivity index (χ2v) is 6.93. The number of fused-ring (bicyclic) bond motifs is 1. The smallest absolute Gasteiger partial charge is 0.253 e. The summed E-state index contributed by atoms with van der Waals surface area (Å²) in [5, 5.41) is 0.992. The Labute approximate surface area is 144 Å². The van der Waals surface area contributed by atoms with E-state index < -0.39 is 0 Å². The van der Waals surface area contributed by atoms with Crippen LogP contribution in [0.2, 0.25) is 0 Å². The van der Waals surface area contributed by atoms with E-state index in [1.54, 1.807) is 17.5 Å². The first-order chi connectivity index (χ1) is 11.7. The molecular weight excluding hydrogens is 320 g/mol. The minimum absolute atomic E-state index is 0.112. The standard InChI is InChI=1S/C18H18N4OS/c1-13-4-6-14(7-5-13)17(23)21-9-11-22(12-10-21)18-20-15-3-2-8-19-16(15)24-18/h2-8H,9-12H2,1H3. The second-order valence-electron chi connectivity index (χ2n) is 5.97. The molecule has 0 radical (unpaired) electrons. The van der Waals surface area contributed by atoms with Gasteiger partial charge in [-0.25, -0.2) is 9.97 Å². The van der Waals surface area contributed by atoms with Crippen molar-refractivity contribution in [2.75, 3.05) is 31.1 Å². The van der Waals surface area contributed by atoms with Crippen molar-refractivity contribution in [3.63, 3.8) is 0 Å². The number of carbonyl (C=O) groups excluding carboxylic acids is 1. The molecule has 0 aliphatic carbocycles. The normalized spacial score (nSPS) is 15.0. The summed E-state index contributed by atoms with van der Waals surface area (Å²) in [6.45, 7) is 5.07. The molecule has 2 aromatic heterocycles. The molecule has 122 valence electrons. The first kappa shape index (κ1) is 15.1. The molecule has 1 aliphatic heterocycles. The van der Waals surface area contributed by atoms with Gasteiger partial charge in [-0.1, -0.05) is 29.0 Å². The third-order valence-electron chi connectivity index (χ3n) is 4.29. The third-order valence-corrected chi connectivity index (χ3v) is 5.33. The third kappa shape index (κ3) is 2.85. The van der Waals surface area contributed by atoms with Crippen molar-refractivity contribution in [1.29, 1.82) is 0 Å². The number of aromatic nitrogens is 2. The summed E-state index contributed by atoms with van der Waals surface area (Å²) >= 11 is 1.61. The van der Waals surface area contributed by atoms with Gasteiger partial charge in [0.25, 0.3) is 5.91 Å². The van der Waals surface area contributed by atoms with Crippen molar-refractivity contribution in [3.8, 4) is 0 Å². The van der Waals surface area contributed by atoms with E-state index in [0.717, 1.165) is 47.2 Å². The van der Waals surface area contributed by atoms with Crippen molar-refractivity contribution in [2.24, 2.45) is 0 Å². The van der Waals surface area contributed by atoms with Gasteiger partial charge in [-0.05, 0) is 31.2 Å². The molecular formula is C18H18N4OS. The van der Waals surface area contributed by atoms with Crippen LogP contribution in [0.15, 0.2) is 42.6 Å². The summed E-state index contributed by atoms with van der Waals surface area (Å²) in [5.41, 5.74) is 2.87. The number of nitrogens with zero attached hydrogens (tertiary/aromatic N) is 4. The van der Waals surface area contributed by atoms with Crippen LogP contribution in [0.4, 0.5) is 5.13 Å². The van der Waals surface area contributed by atoms with Crippen LogP contribution in [0.1, 0.15) is 15.9 Å². The number of aryl methyl sites for hydroxylation is 1. The lowest BCUT2D eigenvalue weighted by Crippen LogP contribution is -2.48. The molecule has 24 heavy (non-hydrogen) atoms. The van der Waals surface area contributed by atoms with Crippen LogP contribution in [-0.4, -0.2) is 47.0 Å². The molecule has 1 saturated heterocycles. The highest BCUT2D eigenvalue weighted by Crippen LogP contribution is 2.27. The topological polar surface area (TPSA) is 49.3 Å². The molecule has 5 nitrogen and oxygen atoms in total. The predicted octanol–water partition coefficient (Wildman–Crippen LogP) is 2.96. The lowest BCUT2D eigenvalue weighted by molar-refractivity contribution is 0.0747. The van der Waals surface area contributed by atoms with Gasteiger partial charge in [0.15, 0.2) is 5.13 Å². The van der Waals surface area contributed by atoms with Gasteiger partial charge in [0, 0.05) is 37.9 Å². The van der Waals surface area contributed by atoms with Gasteiger partial charge in [0.05, 0.1) is 0 Å². The number of amides is 1.